The Labute approximate surface area is 196 Å². The van der Waals surface area contributed by atoms with E-state index in [0.29, 0.717) is 22.3 Å². The third-order valence-electron chi connectivity index (χ3n) is 5.37. The van der Waals surface area contributed by atoms with Crippen LogP contribution >= 0.6 is 38.5 Å². The maximum absolute atomic E-state index is 13.4. The van der Waals surface area contributed by atoms with Crippen LogP contribution in [0.5, 0.6) is 0 Å². The van der Waals surface area contributed by atoms with Crippen molar-refractivity contribution in [1.29, 1.82) is 0 Å². The van der Waals surface area contributed by atoms with E-state index in [1.165, 1.54) is 0 Å². The predicted octanol–water partition coefficient (Wildman–Crippen LogP) is 7.16. The first-order chi connectivity index (χ1) is 14.5. The molecule has 5 rings (SSSR count). The van der Waals surface area contributed by atoms with Gasteiger partial charge in [0.1, 0.15) is 0 Å². The molecule has 4 aromatic rings. The van der Waals surface area contributed by atoms with Gasteiger partial charge in [-0.2, -0.15) is 0 Å². The number of halogens is 2. The zero-order chi connectivity index (χ0) is 20.8. The van der Waals surface area contributed by atoms with Crippen molar-refractivity contribution < 1.29 is 9.59 Å². The van der Waals surface area contributed by atoms with Gasteiger partial charge in [-0.25, -0.2) is 0 Å². The fourth-order valence-electron chi connectivity index (χ4n) is 3.90. The smallest absolute Gasteiger partial charge is 0.194 e. The SMILES string of the molecule is O=C1c2cc(Br)c(I)cc2C(=O)c2cc(-c3ccccc3)c(-c3ccccc3)cc21. The summed E-state index contributed by atoms with van der Waals surface area (Å²) in [5.74, 6) is -0.227. The Bertz CT molecular complexity index is 1220. The van der Waals surface area contributed by atoms with Crippen molar-refractivity contribution in [3.63, 3.8) is 0 Å². The Balaban J connectivity index is 1.81. The van der Waals surface area contributed by atoms with E-state index in [4.69, 9.17) is 0 Å². The standard InChI is InChI=1S/C26H14BrIO2/c27-23-13-21-22(14-24(23)28)26(30)20-12-18(16-9-5-2-6-10-16)17(11-19(20)25(21)29)15-7-3-1-4-8-15/h1-14H. The topological polar surface area (TPSA) is 34.1 Å². The lowest BCUT2D eigenvalue weighted by Gasteiger charge is -2.21. The van der Waals surface area contributed by atoms with Gasteiger partial charge in [0.15, 0.2) is 11.6 Å². The molecule has 0 N–H and O–H groups in total. The van der Waals surface area contributed by atoms with Crippen molar-refractivity contribution in [2.75, 3.05) is 0 Å². The minimum absolute atomic E-state index is 0.109. The minimum Gasteiger partial charge on any atom is -0.289 e. The molecule has 0 atom stereocenters. The Morgan fingerprint density at radius 2 is 0.933 bits per heavy atom. The van der Waals surface area contributed by atoms with Crippen molar-refractivity contribution in [2.24, 2.45) is 0 Å². The van der Waals surface area contributed by atoms with Crippen molar-refractivity contribution in [2.45, 2.75) is 0 Å². The molecule has 0 aromatic heterocycles. The molecule has 0 bridgehead atoms. The van der Waals surface area contributed by atoms with E-state index in [2.05, 4.69) is 38.5 Å². The van der Waals surface area contributed by atoms with E-state index in [1.54, 1.807) is 12.1 Å². The maximum atomic E-state index is 13.4. The number of carbonyl (C=O) groups excluding carboxylic acids is 2. The fourth-order valence-corrected chi connectivity index (χ4v) is 4.71. The number of hydrogen-bond acceptors (Lipinski definition) is 2. The number of rotatable bonds is 2. The van der Waals surface area contributed by atoms with Gasteiger partial charge in [-0.05, 0) is 85.0 Å². The molecule has 0 radical (unpaired) electrons. The second-order valence-electron chi connectivity index (χ2n) is 7.15. The van der Waals surface area contributed by atoms with Crippen LogP contribution in [0.15, 0.2) is 89.4 Å². The van der Waals surface area contributed by atoms with Crippen LogP contribution in [-0.2, 0) is 0 Å². The summed E-state index contributed by atoms with van der Waals surface area (Å²) in [6.07, 6.45) is 0. The van der Waals surface area contributed by atoms with Crippen LogP contribution in [0.3, 0.4) is 0 Å². The zero-order valence-electron chi connectivity index (χ0n) is 15.7. The first-order valence-electron chi connectivity index (χ1n) is 9.42. The van der Waals surface area contributed by atoms with Gasteiger partial charge in [0.05, 0.1) is 0 Å². The number of ketones is 2. The Morgan fingerprint density at radius 3 is 1.40 bits per heavy atom. The van der Waals surface area contributed by atoms with Crippen molar-refractivity contribution in [3.05, 3.63) is 115 Å². The molecule has 0 spiro atoms. The van der Waals surface area contributed by atoms with Gasteiger partial charge in [0.2, 0.25) is 0 Å². The van der Waals surface area contributed by atoms with E-state index >= 15 is 0 Å². The van der Waals surface area contributed by atoms with Crippen LogP contribution in [0.2, 0.25) is 0 Å². The first kappa shape index (κ1) is 19.4. The molecule has 1 aliphatic carbocycles. The molecule has 4 aromatic carbocycles. The Hall–Kier alpha value is -2.57. The van der Waals surface area contributed by atoms with Gasteiger partial charge in [-0.1, -0.05) is 60.7 Å². The van der Waals surface area contributed by atoms with Gasteiger partial charge < -0.3 is 0 Å². The highest BCUT2D eigenvalue weighted by atomic mass is 127. The lowest BCUT2D eigenvalue weighted by atomic mass is 9.80. The molecular weight excluding hydrogens is 551 g/mol. The van der Waals surface area contributed by atoms with Crippen molar-refractivity contribution >= 4 is 50.1 Å². The summed E-state index contributed by atoms with van der Waals surface area (Å²) in [5, 5.41) is 0. The third-order valence-corrected chi connectivity index (χ3v) is 7.66. The van der Waals surface area contributed by atoms with Crippen LogP contribution in [-0.4, -0.2) is 11.6 Å². The summed E-state index contributed by atoms with van der Waals surface area (Å²) in [5.41, 5.74) is 5.73. The molecular formula is C26H14BrIO2. The molecule has 0 heterocycles. The highest BCUT2D eigenvalue weighted by Gasteiger charge is 2.32. The van der Waals surface area contributed by atoms with E-state index in [1.807, 2.05) is 72.8 Å². The average molecular weight is 565 g/mol. The van der Waals surface area contributed by atoms with Gasteiger partial charge in [-0.15, -0.1) is 0 Å². The second kappa shape index (κ2) is 7.60. The number of fused-ring (bicyclic) bond motifs is 2. The normalized spacial score (nSPS) is 12.5. The quantitative estimate of drug-likeness (QED) is 0.213. The summed E-state index contributed by atoms with van der Waals surface area (Å²) in [6, 6.07) is 27.2. The molecule has 0 unspecified atom stereocenters. The van der Waals surface area contributed by atoms with Crippen molar-refractivity contribution in [1.82, 2.24) is 0 Å². The van der Waals surface area contributed by atoms with Gasteiger partial charge in [0.25, 0.3) is 0 Å². The molecule has 0 saturated heterocycles. The van der Waals surface area contributed by atoms with E-state index in [0.717, 1.165) is 30.3 Å². The Kier molecular flexibility index (Phi) is 4.91. The highest BCUT2D eigenvalue weighted by molar-refractivity contribution is 14.1. The van der Waals surface area contributed by atoms with E-state index in [9.17, 15) is 9.59 Å². The minimum atomic E-state index is -0.117. The maximum Gasteiger partial charge on any atom is 0.194 e. The van der Waals surface area contributed by atoms with Crippen LogP contribution in [0, 0.1) is 3.57 Å². The fraction of sp³-hybridized carbons (Fsp3) is 0. The first-order valence-corrected chi connectivity index (χ1v) is 11.3. The molecule has 30 heavy (non-hydrogen) atoms. The van der Waals surface area contributed by atoms with Gasteiger partial charge >= 0.3 is 0 Å². The van der Waals surface area contributed by atoms with E-state index < -0.39 is 0 Å². The monoisotopic (exact) mass is 564 g/mol. The molecule has 4 heteroatoms. The summed E-state index contributed by atoms with van der Waals surface area (Å²) in [6.45, 7) is 0. The number of carbonyl (C=O) groups is 2. The predicted molar refractivity (Wildman–Crippen MR) is 131 cm³/mol. The van der Waals surface area contributed by atoms with Crippen molar-refractivity contribution in [3.8, 4) is 22.3 Å². The lowest BCUT2D eigenvalue weighted by molar-refractivity contribution is 0.0979. The highest BCUT2D eigenvalue weighted by Crippen LogP contribution is 2.39. The Morgan fingerprint density at radius 1 is 0.533 bits per heavy atom. The largest absolute Gasteiger partial charge is 0.289 e. The van der Waals surface area contributed by atoms with Crippen LogP contribution in [0.1, 0.15) is 31.8 Å². The molecule has 0 saturated carbocycles. The summed E-state index contributed by atoms with van der Waals surface area (Å²) >= 11 is 5.65. The van der Waals surface area contributed by atoms with Crippen LogP contribution in [0.4, 0.5) is 0 Å². The average Bonchev–Trinajstić information content (AvgIpc) is 2.79. The second-order valence-corrected chi connectivity index (χ2v) is 9.16. The summed E-state index contributed by atoms with van der Waals surface area (Å²) < 4.78 is 1.72. The number of hydrogen-bond donors (Lipinski definition) is 0. The summed E-state index contributed by atoms with van der Waals surface area (Å²) in [7, 11) is 0. The van der Waals surface area contributed by atoms with Gasteiger partial charge in [0, 0.05) is 30.3 Å². The third kappa shape index (κ3) is 3.15. The molecule has 1 aliphatic rings. The van der Waals surface area contributed by atoms with Crippen LogP contribution in [0.25, 0.3) is 22.3 Å². The van der Waals surface area contributed by atoms with Crippen LogP contribution < -0.4 is 0 Å². The molecule has 0 aliphatic heterocycles. The van der Waals surface area contributed by atoms with E-state index in [-0.39, 0.29) is 11.6 Å². The molecule has 2 nitrogen and oxygen atoms in total. The number of benzene rings is 4. The molecule has 0 amide bonds. The lowest BCUT2D eigenvalue weighted by Crippen LogP contribution is -2.21. The van der Waals surface area contributed by atoms with Gasteiger partial charge in [-0.3, -0.25) is 9.59 Å². The zero-order valence-corrected chi connectivity index (χ0v) is 19.4. The molecule has 0 fully saturated rings. The summed E-state index contributed by atoms with van der Waals surface area (Å²) in [4.78, 5) is 26.8. The molecule has 144 valence electrons.